The van der Waals surface area contributed by atoms with E-state index < -0.39 is 10.0 Å². The minimum Gasteiger partial charge on any atom is -0.339 e. The van der Waals surface area contributed by atoms with E-state index in [1.54, 1.807) is 24.0 Å². The molecule has 1 aliphatic rings. The predicted molar refractivity (Wildman–Crippen MR) is 94.4 cm³/mol. The fraction of sp³-hybridized carbons (Fsp3) is 0.588. The fourth-order valence-corrected chi connectivity index (χ4v) is 4.71. The van der Waals surface area contributed by atoms with Gasteiger partial charge in [0.2, 0.25) is 10.0 Å². The smallest absolute Gasteiger partial charge is 0.253 e. The molecule has 0 aliphatic carbocycles. The van der Waals surface area contributed by atoms with E-state index in [1.807, 2.05) is 13.8 Å². The van der Waals surface area contributed by atoms with Gasteiger partial charge in [0.1, 0.15) is 0 Å². The van der Waals surface area contributed by atoms with Gasteiger partial charge in [-0.25, -0.2) is 8.42 Å². The zero-order valence-electron chi connectivity index (χ0n) is 14.7. The predicted octanol–water partition coefficient (Wildman–Crippen LogP) is 1.59. The van der Waals surface area contributed by atoms with Crippen LogP contribution in [0.2, 0.25) is 0 Å². The summed E-state index contributed by atoms with van der Waals surface area (Å²) in [4.78, 5) is 14.6. The zero-order valence-corrected chi connectivity index (χ0v) is 15.5. The van der Waals surface area contributed by atoms with Crippen molar-refractivity contribution in [1.82, 2.24) is 9.21 Å². The summed E-state index contributed by atoms with van der Waals surface area (Å²) in [5, 5.41) is 0. The first-order chi connectivity index (χ1) is 11.3. The first-order valence-corrected chi connectivity index (χ1v) is 9.90. The van der Waals surface area contributed by atoms with Crippen molar-refractivity contribution in [2.75, 3.05) is 26.2 Å². The summed E-state index contributed by atoms with van der Waals surface area (Å²) in [6.45, 7) is 7.41. The Labute approximate surface area is 144 Å². The van der Waals surface area contributed by atoms with Gasteiger partial charge in [-0.1, -0.05) is 19.9 Å². The van der Waals surface area contributed by atoms with Crippen molar-refractivity contribution in [1.29, 1.82) is 0 Å². The van der Waals surface area contributed by atoms with Gasteiger partial charge in [-0.3, -0.25) is 4.79 Å². The third kappa shape index (κ3) is 3.79. The molecule has 1 amide bonds. The summed E-state index contributed by atoms with van der Waals surface area (Å²) >= 11 is 0. The standard InChI is InChI=1S/C17H27N3O3S/c1-4-20(5-2)24(22,23)16-12-14(7-6-13(16)3)17(21)19-10-8-15(18)9-11-19/h6-7,12,15H,4-5,8-11,18H2,1-3H3. The van der Waals surface area contributed by atoms with Crippen LogP contribution in [-0.4, -0.2) is 55.8 Å². The lowest BCUT2D eigenvalue weighted by Gasteiger charge is -2.30. The molecule has 1 aromatic rings. The number of carbonyl (C=O) groups excluding carboxylic acids is 1. The van der Waals surface area contributed by atoms with E-state index >= 15 is 0 Å². The van der Waals surface area contributed by atoms with E-state index in [0.717, 1.165) is 12.8 Å². The average Bonchev–Trinajstić information content (AvgIpc) is 2.56. The van der Waals surface area contributed by atoms with Gasteiger partial charge in [-0.2, -0.15) is 4.31 Å². The van der Waals surface area contributed by atoms with Crippen LogP contribution in [0.4, 0.5) is 0 Å². The summed E-state index contributed by atoms with van der Waals surface area (Å²) in [5.74, 6) is -0.127. The first-order valence-electron chi connectivity index (χ1n) is 8.46. The second-order valence-electron chi connectivity index (χ2n) is 6.20. The summed E-state index contributed by atoms with van der Waals surface area (Å²) in [6.07, 6.45) is 1.56. The van der Waals surface area contributed by atoms with Crippen molar-refractivity contribution >= 4 is 15.9 Å². The topological polar surface area (TPSA) is 83.7 Å². The van der Waals surface area contributed by atoms with Crippen molar-refractivity contribution in [2.24, 2.45) is 5.73 Å². The number of hydrogen-bond acceptors (Lipinski definition) is 4. The third-order valence-corrected chi connectivity index (χ3v) is 6.78. The second-order valence-corrected chi connectivity index (χ2v) is 8.11. The number of nitrogens with zero attached hydrogens (tertiary/aromatic N) is 2. The number of likely N-dealkylation sites (tertiary alicyclic amines) is 1. The summed E-state index contributed by atoms with van der Waals surface area (Å²) < 4.78 is 27.0. The van der Waals surface area contributed by atoms with E-state index in [1.165, 1.54) is 10.4 Å². The van der Waals surface area contributed by atoms with E-state index in [-0.39, 0.29) is 16.8 Å². The maximum absolute atomic E-state index is 12.8. The Morgan fingerprint density at radius 2 is 1.83 bits per heavy atom. The highest BCUT2D eigenvalue weighted by Crippen LogP contribution is 2.23. The number of sulfonamides is 1. The van der Waals surface area contributed by atoms with Crippen LogP contribution in [0.3, 0.4) is 0 Å². The minimum atomic E-state index is -3.58. The van der Waals surface area contributed by atoms with Crippen molar-refractivity contribution < 1.29 is 13.2 Å². The van der Waals surface area contributed by atoms with Gasteiger partial charge in [-0.15, -0.1) is 0 Å². The molecule has 1 aliphatic heterocycles. The normalized spacial score (nSPS) is 16.6. The third-order valence-electron chi connectivity index (χ3n) is 4.59. The Hall–Kier alpha value is -1.44. The van der Waals surface area contributed by atoms with Crippen molar-refractivity contribution in [3.05, 3.63) is 29.3 Å². The first kappa shape index (κ1) is 18.9. The van der Waals surface area contributed by atoms with Gasteiger partial charge in [0.25, 0.3) is 5.91 Å². The summed E-state index contributed by atoms with van der Waals surface area (Å²) in [7, 11) is -3.58. The minimum absolute atomic E-state index is 0.127. The number of amides is 1. The van der Waals surface area contributed by atoms with Gasteiger partial charge in [-0.05, 0) is 37.5 Å². The van der Waals surface area contributed by atoms with Crippen LogP contribution in [0.5, 0.6) is 0 Å². The molecule has 0 atom stereocenters. The molecule has 134 valence electrons. The van der Waals surface area contributed by atoms with Gasteiger partial charge >= 0.3 is 0 Å². The lowest BCUT2D eigenvalue weighted by atomic mass is 10.0. The quantitative estimate of drug-likeness (QED) is 0.871. The van der Waals surface area contributed by atoms with Gasteiger partial charge < -0.3 is 10.6 Å². The lowest BCUT2D eigenvalue weighted by molar-refractivity contribution is 0.0714. The van der Waals surface area contributed by atoms with E-state index in [2.05, 4.69) is 0 Å². The Morgan fingerprint density at radius 3 is 2.38 bits per heavy atom. The molecular weight excluding hydrogens is 326 g/mol. The summed E-state index contributed by atoms with van der Waals surface area (Å²) in [5.41, 5.74) is 6.95. The number of hydrogen-bond donors (Lipinski definition) is 1. The van der Waals surface area contributed by atoms with Crippen LogP contribution >= 0.6 is 0 Å². The molecule has 0 saturated carbocycles. The van der Waals surface area contributed by atoms with Crippen LogP contribution in [0.25, 0.3) is 0 Å². The Balaban J connectivity index is 2.33. The molecule has 0 bridgehead atoms. The highest BCUT2D eigenvalue weighted by molar-refractivity contribution is 7.89. The Morgan fingerprint density at radius 1 is 1.25 bits per heavy atom. The molecule has 1 fully saturated rings. The molecule has 0 aromatic heterocycles. The molecule has 7 heteroatoms. The molecule has 6 nitrogen and oxygen atoms in total. The number of carbonyl (C=O) groups is 1. The highest BCUT2D eigenvalue weighted by atomic mass is 32.2. The largest absolute Gasteiger partial charge is 0.339 e. The molecule has 2 rings (SSSR count). The van der Waals surface area contributed by atoms with Crippen LogP contribution in [0, 0.1) is 6.92 Å². The van der Waals surface area contributed by atoms with Gasteiger partial charge in [0.05, 0.1) is 4.90 Å². The molecular formula is C17H27N3O3S. The van der Waals surface area contributed by atoms with Gasteiger partial charge in [0, 0.05) is 37.8 Å². The van der Waals surface area contributed by atoms with Crippen LogP contribution in [0.15, 0.2) is 23.1 Å². The number of aryl methyl sites for hydroxylation is 1. The van der Waals surface area contributed by atoms with Crippen molar-refractivity contribution in [2.45, 2.75) is 44.6 Å². The van der Waals surface area contributed by atoms with Gasteiger partial charge in [0.15, 0.2) is 0 Å². The SMILES string of the molecule is CCN(CC)S(=O)(=O)c1cc(C(=O)N2CCC(N)CC2)ccc1C. The van der Waals surface area contributed by atoms with Crippen LogP contribution < -0.4 is 5.73 Å². The molecule has 24 heavy (non-hydrogen) atoms. The molecule has 2 N–H and O–H groups in total. The van der Waals surface area contributed by atoms with Crippen LogP contribution in [-0.2, 0) is 10.0 Å². The molecule has 0 unspecified atom stereocenters. The Kier molecular flexibility index (Phi) is 6.01. The molecule has 1 aromatic carbocycles. The molecule has 0 radical (unpaired) electrons. The monoisotopic (exact) mass is 353 g/mol. The zero-order chi connectivity index (χ0) is 17.9. The lowest BCUT2D eigenvalue weighted by Crippen LogP contribution is -2.42. The molecule has 1 saturated heterocycles. The molecule has 1 heterocycles. The number of rotatable bonds is 5. The van der Waals surface area contributed by atoms with E-state index in [0.29, 0.717) is 37.3 Å². The maximum atomic E-state index is 12.8. The van der Waals surface area contributed by atoms with Crippen molar-refractivity contribution in [3.8, 4) is 0 Å². The van der Waals surface area contributed by atoms with E-state index in [4.69, 9.17) is 5.73 Å². The molecule has 0 spiro atoms. The van der Waals surface area contributed by atoms with Crippen LogP contribution in [0.1, 0.15) is 42.6 Å². The van der Waals surface area contributed by atoms with E-state index in [9.17, 15) is 13.2 Å². The van der Waals surface area contributed by atoms with Crippen molar-refractivity contribution in [3.63, 3.8) is 0 Å². The number of piperidine rings is 1. The average molecular weight is 353 g/mol. The maximum Gasteiger partial charge on any atom is 0.253 e. The Bertz CT molecular complexity index is 691. The fourth-order valence-electron chi connectivity index (χ4n) is 3.00. The number of benzene rings is 1. The number of nitrogens with two attached hydrogens (primary N) is 1. The highest BCUT2D eigenvalue weighted by Gasteiger charge is 2.27. The summed E-state index contributed by atoms with van der Waals surface area (Å²) in [6, 6.07) is 5.07. The second kappa shape index (κ2) is 7.63.